The molecule has 1 atom stereocenters. The summed E-state index contributed by atoms with van der Waals surface area (Å²) in [4.78, 5) is 13.4. The van der Waals surface area contributed by atoms with E-state index >= 15 is 0 Å². The van der Waals surface area contributed by atoms with E-state index in [4.69, 9.17) is 5.73 Å². The van der Waals surface area contributed by atoms with E-state index in [1.54, 1.807) is 11.3 Å². The number of carbonyl (C=O) groups is 1. The quantitative estimate of drug-likeness (QED) is 0.771. The predicted octanol–water partition coefficient (Wildman–Crippen LogP) is 0.180. The van der Waals surface area contributed by atoms with Crippen LogP contribution in [0.15, 0.2) is 16.8 Å². The van der Waals surface area contributed by atoms with Crippen molar-refractivity contribution in [1.29, 1.82) is 0 Å². The van der Waals surface area contributed by atoms with E-state index in [1.165, 1.54) is 5.56 Å². The fourth-order valence-electron chi connectivity index (χ4n) is 1.88. The summed E-state index contributed by atoms with van der Waals surface area (Å²) in [5, 5.41) is 6.96. The minimum atomic E-state index is 0.0925. The second-order valence-corrected chi connectivity index (χ2v) is 4.41. The molecule has 82 valence electrons. The number of rotatable bonds is 3. The van der Waals surface area contributed by atoms with Crippen molar-refractivity contribution in [2.24, 2.45) is 5.73 Å². The van der Waals surface area contributed by atoms with Gasteiger partial charge in [-0.25, -0.2) is 0 Å². The lowest BCUT2D eigenvalue weighted by Gasteiger charge is -2.33. The highest BCUT2D eigenvalue weighted by molar-refractivity contribution is 7.07. The second-order valence-electron chi connectivity index (χ2n) is 3.63. The van der Waals surface area contributed by atoms with Gasteiger partial charge in [0.15, 0.2) is 0 Å². The Hall–Kier alpha value is -0.910. The van der Waals surface area contributed by atoms with Crippen LogP contribution in [0.3, 0.4) is 0 Å². The molecule has 0 aliphatic carbocycles. The summed E-state index contributed by atoms with van der Waals surface area (Å²) in [5.41, 5.74) is 6.99. The molecular formula is C10H15N3OS. The zero-order valence-electron chi connectivity index (χ0n) is 8.48. The molecule has 0 bridgehead atoms. The average Bonchev–Trinajstić information content (AvgIpc) is 2.72. The van der Waals surface area contributed by atoms with Crippen molar-refractivity contribution in [2.75, 3.05) is 26.2 Å². The Balaban J connectivity index is 2.09. The third kappa shape index (κ3) is 2.37. The molecule has 0 spiro atoms. The Morgan fingerprint density at radius 2 is 2.53 bits per heavy atom. The summed E-state index contributed by atoms with van der Waals surface area (Å²) < 4.78 is 0. The summed E-state index contributed by atoms with van der Waals surface area (Å²) in [5.74, 6) is 0.0925. The van der Waals surface area contributed by atoms with Gasteiger partial charge >= 0.3 is 0 Å². The molecule has 1 aromatic heterocycles. The monoisotopic (exact) mass is 225 g/mol. The maximum Gasteiger partial charge on any atom is 0.234 e. The molecule has 0 aromatic carbocycles. The molecule has 0 saturated carbocycles. The van der Waals surface area contributed by atoms with Gasteiger partial charge in [-0.05, 0) is 22.4 Å². The van der Waals surface area contributed by atoms with Crippen molar-refractivity contribution in [3.63, 3.8) is 0 Å². The summed E-state index contributed by atoms with van der Waals surface area (Å²) in [6.07, 6.45) is 0. The van der Waals surface area contributed by atoms with Crippen LogP contribution in [0.25, 0.3) is 0 Å². The highest BCUT2D eigenvalue weighted by Gasteiger charge is 2.24. The summed E-state index contributed by atoms with van der Waals surface area (Å²) >= 11 is 1.67. The van der Waals surface area contributed by atoms with Crippen molar-refractivity contribution in [1.82, 2.24) is 10.2 Å². The number of nitrogens with two attached hydrogens (primary N) is 1. The highest BCUT2D eigenvalue weighted by Crippen LogP contribution is 2.22. The van der Waals surface area contributed by atoms with Gasteiger partial charge in [0.25, 0.3) is 0 Å². The molecule has 1 unspecified atom stereocenters. The van der Waals surface area contributed by atoms with Crippen molar-refractivity contribution >= 4 is 17.2 Å². The lowest BCUT2D eigenvalue weighted by molar-refractivity contribution is -0.124. The van der Waals surface area contributed by atoms with Gasteiger partial charge in [0.2, 0.25) is 5.91 Å². The zero-order valence-corrected chi connectivity index (χ0v) is 9.30. The molecular weight excluding hydrogens is 210 g/mol. The van der Waals surface area contributed by atoms with E-state index in [-0.39, 0.29) is 11.9 Å². The molecule has 2 rings (SSSR count). The first-order chi connectivity index (χ1) is 7.31. The molecule has 0 radical (unpaired) electrons. The topological polar surface area (TPSA) is 58.4 Å². The number of hydrogen-bond donors (Lipinski definition) is 2. The van der Waals surface area contributed by atoms with Gasteiger partial charge in [-0.2, -0.15) is 11.3 Å². The van der Waals surface area contributed by atoms with Gasteiger partial charge in [-0.3, -0.25) is 9.69 Å². The van der Waals surface area contributed by atoms with Crippen LogP contribution in [-0.2, 0) is 4.79 Å². The van der Waals surface area contributed by atoms with Gasteiger partial charge in [-0.15, -0.1) is 0 Å². The van der Waals surface area contributed by atoms with Crippen LogP contribution in [0.4, 0.5) is 0 Å². The molecule has 15 heavy (non-hydrogen) atoms. The van der Waals surface area contributed by atoms with Crippen LogP contribution >= 0.6 is 11.3 Å². The van der Waals surface area contributed by atoms with Crippen LogP contribution in [0.2, 0.25) is 0 Å². The van der Waals surface area contributed by atoms with Gasteiger partial charge < -0.3 is 11.1 Å². The van der Waals surface area contributed by atoms with Gasteiger partial charge in [0, 0.05) is 25.7 Å². The van der Waals surface area contributed by atoms with Crippen LogP contribution < -0.4 is 11.1 Å². The third-order valence-corrected chi connectivity index (χ3v) is 3.36. The molecule has 5 heteroatoms. The smallest absolute Gasteiger partial charge is 0.234 e. The normalized spacial score (nSPS) is 19.9. The van der Waals surface area contributed by atoms with Gasteiger partial charge in [-0.1, -0.05) is 0 Å². The van der Waals surface area contributed by atoms with Gasteiger partial charge in [0.1, 0.15) is 0 Å². The molecule has 1 fully saturated rings. The average molecular weight is 225 g/mol. The van der Waals surface area contributed by atoms with Crippen LogP contribution in [0.1, 0.15) is 11.6 Å². The third-order valence-electron chi connectivity index (χ3n) is 2.66. The van der Waals surface area contributed by atoms with Crippen molar-refractivity contribution in [3.05, 3.63) is 22.4 Å². The number of nitrogens with zero attached hydrogens (tertiary/aromatic N) is 1. The number of amides is 1. The number of thiophene rings is 1. The lowest BCUT2D eigenvalue weighted by atomic mass is 10.1. The second kappa shape index (κ2) is 4.74. The van der Waals surface area contributed by atoms with E-state index in [1.807, 2.05) is 5.38 Å². The van der Waals surface area contributed by atoms with Crippen molar-refractivity contribution in [2.45, 2.75) is 6.04 Å². The molecule has 1 aromatic rings. The first-order valence-electron chi connectivity index (χ1n) is 5.04. The maximum atomic E-state index is 11.3. The predicted molar refractivity (Wildman–Crippen MR) is 60.7 cm³/mol. The zero-order chi connectivity index (χ0) is 10.7. The number of hydrogen-bond acceptors (Lipinski definition) is 4. The fraction of sp³-hybridized carbons (Fsp3) is 0.500. The van der Waals surface area contributed by atoms with Crippen molar-refractivity contribution < 1.29 is 4.79 Å². The largest absolute Gasteiger partial charge is 0.354 e. The fourth-order valence-corrected chi connectivity index (χ4v) is 2.59. The van der Waals surface area contributed by atoms with E-state index in [0.717, 1.165) is 13.1 Å². The van der Waals surface area contributed by atoms with E-state index in [9.17, 15) is 4.79 Å². The van der Waals surface area contributed by atoms with Crippen molar-refractivity contribution in [3.8, 4) is 0 Å². The Morgan fingerprint density at radius 3 is 3.13 bits per heavy atom. The van der Waals surface area contributed by atoms with Crippen LogP contribution in [0, 0.1) is 0 Å². The van der Waals surface area contributed by atoms with Crippen LogP contribution in [0.5, 0.6) is 0 Å². The molecule has 1 aliphatic rings. The maximum absolute atomic E-state index is 11.3. The first-order valence-corrected chi connectivity index (χ1v) is 5.98. The standard InChI is InChI=1S/C10H15N3OS/c11-5-9(8-1-4-15-7-8)13-3-2-12-10(14)6-13/h1,4,7,9H,2-3,5-6,11H2,(H,12,14). The Bertz CT molecular complexity index is 325. The first kappa shape index (κ1) is 10.6. The van der Waals surface area contributed by atoms with E-state index in [2.05, 4.69) is 21.7 Å². The minimum Gasteiger partial charge on any atom is -0.354 e. The molecule has 2 heterocycles. The Labute approximate surface area is 93.1 Å². The summed E-state index contributed by atoms with van der Waals surface area (Å²) in [7, 11) is 0. The van der Waals surface area contributed by atoms with E-state index < -0.39 is 0 Å². The number of piperazine rings is 1. The lowest BCUT2D eigenvalue weighted by Crippen LogP contribution is -2.50. The molecule has 3 N–H and O–H groups in total. The van der Waals surface area contributed by atoms with Gasteiger partial charge in [0.05, 0.1) is 6.54 Å². The Morgan fingerprint density at radius 1 is 1.67 bits per heavy atom. The van der Waals surface area contributed by atoms with Crippen LogP contribution in [-0.4, -0.2) is 37.0 Å². The SMILES string of the molecule is NCC(c1ccsc1)N1CCNC(=O)C1. The summed E-state index contributed by atoms with van der Waals surface area (Å²) in [6, 6.07) is 2.26. The van der Waals surface area contributed by atoms with E-state index in [0.29, 0.717) is 13.1 Å². The number of nitrogens with one attached hydrogen (secondary N) is 1. The Kier molecular flexibility index (Phi) is 3.35. The highest BCUT2D eigenvalue weighted by atomic mass is 32.1. The molecule has 1 aliphatic heterocycles. The summed E-state index contributed by atoms with van der Waals surface area (Å²) in [6.45, 7) is 2.62. The molecule has 1 saturated heterocycles. The molecule has 1 amide bonds. The molecule has 4 nitrogen and oxygen atoms in total. The number of carbonyl (C=O) groups excluding carboxylic acids is 1. The minimum absolute atomic E-state index is 0.0925.